The van der Waals surface area contributed by atoms with E-state index in [1.807, 2.05) is 32.0 Å². The first-order valence-electron chi connectivity index (χ1n) is 6.66. The van der Waals surface area contributed by atoms with E-state index >= 15 is 0 Å². The van der Waals surface area contributed by atoms with Crippen LogP contribution in [0.15, 0.2) is 18.2 Å². The summed E-state index contributed by atoms with van der Waals surface area (Å²) in [4.78, 5) is 12.0. The highest BCUT2D eigenvalue weighted by Crippen LogP contribution is 2.47. The highest BCUT2D eigenvalue weighted by molar-refractivity contribution is 7.54. The molecule has 1 aromatic carbocycles. The second-order valence-electron chi connectivity index (χ2n) is 4.42. The maximum Gasteiger partial charge on any atom is 0.340 e. The van der Waals surface area contributed by atoms with E-state index in [-0.39, 0.29) is 25.3 Å². The number of aryl methyl sites for hydroxylation is 2. The Morgan fingerprint density at radius 2 is 1.65 bits per heavy atom. The van der Waals surface area contributed by atoms with Crippen molar-refractivity contribution >= 4 is 19.2 Å². The van der Waals surface area contributed by atoms with Crippen LogP contribution in [0.1, 0.15) is 25.0 Å². The Balaban J connectivity index is 2.78. The van der Waals surface area contributed by atoms with Gasteiger partial charge in [-0.2, -0.15) is 0 Å². The van der Waals surface area contributed by atoms with Gasteiger partial charge in [0.05, 0.1) is 13.2 Å². The maximum atomic E-state index is 12.3. The molecule has 1 rings (SSSR count). The molecule has 0 saturated heterocycles. The van der Waals surface area contributed by atoms with Gasteiger partial charge in [-0.1, -0.05) is 18.2 Å². The van der Waals surface area contributed by atoms with Gasteiger partial charge in [-0.3, -0.25) is 9.36 Å². The van der Waals surface area contributed by atoms with Gasteiger partial charge >= 0.3 is 7.60 Å². The Morgan fingerprint density at radius 1 is 1.15 bits per heavy atom. The van der Waals surface area contributed by atoms with Gasteiger partial charge in [-0.15, -0.1) is 0 Å². The Kier molecular flexibility index (Phi) is 6.40. The van der Waals surface area contributed by atoms with Crippen LogP contribution in [0, 0.1) is 13.8 Å². The average Bonchev–Trinajstić information content (AvgIpc) is 2.34. The van der Waals surface area contributed by atoms with Crippen LogP contribution in [0.5, 0.6) is 0 Å². The van der Waals surface area contributed by atoms with Gasteiger partial charge in [-0.05, 0) is 38.8 Å². The molecule has 0 fully saturated rings. The summed E-state index contributed by atoms with van der Waals surface area (Å²) in [6.45, 7) is 7.74. The zero-order valence-corrected chi connectivity index (χ0v) is 13.3. The van der Waals surface area contributed by atoms with Crippen molar-refractivity contribution in [3.63, 3.8) is 0 Å². The minimum atomic E-state index is -3.35. The van der Waals surface area contributed by atoms with E-state index < -0.39 is 7.60 Å². The quantitative estimate of drug-likeness (QED) is 0.782. The van der Waals surface area contributed by atoms with Crippen molar-refractivity contribution in [2.45, 2.75) is 27.7 Å². The lowest BCUT2D eigenvalue weighted by Crippen LogP contribution is -2.19. The fourth-order valence-electron chi connectivity index (χ4n) is 1.89. The number of hydrogen-bond donors (Lipinski definition) is 1. The Hall–Kier alpha value is -1.16. The van der Waals surface area contributed by atoms with Crippen LogP contribution in [0.3, 0.4) is 0 Å². The molecule has 0 heterocycles. The molecular weight excluding hydrogens is 277 g/mol. The second kappa shape index (κ2) is 7.58. The topological polar surface area (TPSA) is 64.6 Å². The summed E-state index contributed by atoms with van der Waals surface area (Å²) in [5.41, 5.74) is 2.67. The van der Waals surface area contributed by atoms with Crippen molar-refractivity contribution in [2.75, 3.05) is 24.7 Å². The molecule has 1 aromatic rings. The van der Waals surface area contributed by atoms with Crippen molar-refractivity contribution in [2.24, 2.45) is 0 Å². The number of carbonyl (C=O) groups excluding carboxylic acids is 1. The Morgan fingerprint density at radius 3 is 2.10 bits per heavy atom. The SMILES string of the molecule is CCOP(=O)(CC(=O)Nc1c(C)cccc1C)OCC. The van der Waals surface area contributed by atoms with E-state index in [2.05, 4.69) is 5.32 Å². The smallest absolute Gasteiger partial charge is 0.325 e. The number of hydrogen-bond acceptors (Lipinski definition) is 4. The molecule has 20 heavy (non-hydrogen) atoms. The minimum absolute atomic E-state index is 0.244. The number of benzene rings is 1. The Labute approximate surface area is 120 Å². The zero-order chi connectivity index (χ0) is 15.2. The molecule has 0 atom stereocenters. The van der Waals surface area contributed by atoms with E-state index in [4.69, 9.17) is 9.05 Å². The van der Waals surface area contributed by atoms with E-state index in [1.54, 1.807) is 13.8 Å². The van der Waals surface area contributed by atoms with Crippen molar-refractivity contribution < 1.29 is 18.4 Å². The van der Waals surface area contributed by atoms with Gasteiger partial charge in [0.15, 0.2) is 0 Å². The molecule has 0 aliphatic heterocycles. The second-order valence-corrected chi connectivity index (χ2v) is 6.47. The van der Waals surface area contributed by atoms with Crippen LogP contribution in [-0.2, 0) is 18.4 Å². The van der Waals surface area contributed by atoms with Crippen LogP contribution in [0.4, 0.5) is 5.69 Å². The summed E-state index contributed by atoms with van der Waals surface area (Å²) in [6.07, 6.45) is -0.275. The van der Waals surface area contributed by atoms with Gasteiger partial charge in [0, 0.05) is 5.69 Å². The van der Waals surface area contributed by atoms with Crippen molar-refractivity contribution in [3.05, 3.63) is 29.3 Å². The van der Waals surface area contributed by atoms with E-state index in [9.17, 15) is 9.36 Å². The lowest BCUT2D eigenvalue weighted by Gasteiger charge is -2.17. The highest BCUT2D eigenvalue weighted by Gasteiger charge is 2.27. The van der Waals surface area contributed by atoms with Crippen molar-refractivity contribution in [1.82, 2.24) is 0 Å². The van der Waals surface area contributed by atoms with Crippen LogP contribution < -0.4 is 5.32 Å². The molecule has 1 amide bonds. The third-order valence-corrected chi connectivity index (χ3v) is 4.71. The molecule has 1 N–H and O–H groups in total. The molecule has 6 heteroatoms. The predicted octanol–water partition coefficient (Wildman–Crippen LogP) is 3.51. The van der Waals surface area contributed by atoms with Gasteiger partial charge in [0.25, 0.3) is 0 Å². The van der Waals surface area contributed by atoms with Crippen LogP contribution in [0.2, 0.25) is 0 Å². The monoisotopic (exact) mass is 299 g/mol. The maximum absolute atomic E-state index is 12.3. The number of rotatable bonds is 7. The minimum Gasteiger partial charge on any atom is -0.325 e. The Bertz CT molecular complexity index is 486. The normalized spacial score (nSPS) is 11.4. The molecule has 0 aliphatic rings. The van der Waals surface area contributed by atoms with Crippen LogP contribution in [0.25, 0.3) is 0 Å². The number of amides is 1. The standard InChI is InChI=1S/C14H22NO4P/c1-5-18-20(17,19-6-2)10-13(16)15-14-11(3)8-7-9-12(14)4/h7-9H,5-6,10H2,1-4H3,(H,15,16). The molecule has 5 nitrogen and oxygen atoms in total. The molecule has 0 radical (unpaired) electrons. The van der Waals surface area contributed by atoms with Crippen molar-refractivity contribution in [3.8, 4) is 0 Å². The van der Waals surface area contributed by atoms with E-state index in [0.717, 1.165) is 16.8 Å². The summed E-state index contributed by atoms with van der Waals surface area (Å²) in [6, 6.07) is 5.74. The molecule has 0 aromatic heterocycles. The lowest BCUT2D eigenvalue weighted by atomic mass is 10.1. The lowest BCUT2D eigenvalue weighted by molar-refractivity contribution is -0.114. The summed E-state index contributed by atoms with van der Waals surface area (Å²) < 4.78 is 22.5. The number of anilines is 1. The molecule has 112 valence electrons. The van der Waals surface area contributed by atoms with Gasteiger partial charge < -0.3 is 14.4 Å². The molecular formula is C14H22NO4P. The summed E-state index contributed by atoms with van der Waals surface area (Å²) in [5.74, 6) is -0.368. The fourth-order valence-corrected chi connectivity index (χ4v) is 3.36. The summed E-state index contributed by atoms with van der Waals surface area (Å²) in [5, 5.41) is 2.78. The molecule has 0 aliphatic carbocycles. The molecule has 0 spiro atoms. The zero-order valence-electron chi connectivity index (χ0n) is 12.4. The van der Waals surface area contributed by atoms with Crippen molar-refractivity contribution in [1.29, 1.82) is 0 Å². The first-order valence-corrected chi connectivity index (χ1v) is 8.39. The largest absolute Gasteiger partial charge is 0.340 e. The highest BCUT2D eigenvalue weighted by atomic mass is 31.2. The van der Waals surface area contributed by atoms with Gasteiger partial charge in [0.1, 0.15) is 6.16 Å². The number of carbonyl (C=O) groups is 1. The van der Waals surface area contributed by atoms with Gasteiger partial charge in [-0.25, -0.2) is 0 Å². The van der Waals surface area contributed by atoms with E-state index in [0.29, 0.717) is 0 Å². The van der Waals surface area contributed by atoms with Crippen LogP contribution in [-0.4, -0.2) is 25.3 Å². The molecule has 0 saturated carbocycles. The molecule has 0 bridgehead atoms. The first kappa shape index (κ1) is 16.9. The fraction of sp³-hybridized carbons (Fsp3) is 0.500. The average molecular weight is 299 g/mol. The third kappa shape index (κ3) is 4.75. The summed E-state index contributed by atoms with van der Waals surface area (Å²) in [7, 11) is -3.35. The first-order chi connectivity index (χ1) is 9.41. The molecule has 0 unspecified atom stereocenters. The summed E-state index contributed by atoms with van der Waals surface area (Å²) >= 11 is 0. The number of nitrogens with one attached hydrogen (secondary N) is 1. The third-order valence-electron chi connectivity index (χ3n) is 2.73. The van der Waals surface area contributed by atoms with Gasteiger partial charge in [0.2, 0.25) is 5.91 Å². The predicted molar refractivity (Wildman–Crippen MR) is 80.3 cm³/mol. The number of para-hydroxylation sites is 1. The van der Waals surface area contributed by atoms with Crippen LogP contribution >= 0.6 is 7.60 Å². The van der Waals surface area contributed by atoms with E-state index in [1.165, 1.54) is 0 Å².